The second-order valence-corrected chi connectivity index (χ2v) is 13.6. The lowest BCUT2D eigenvalue weighted by molar-refractivity contribution is 0.414. The van der Waals surface area contributed by atoms with Gasteiger partial charge in [-0.05, 0) is 98.1 Å². The molecule has 9 aromatic rings. The van der Waals surface area contributed by atoms with Crippen molar-refractivity contribution in [1.82, 2.24) is 19.3 Å². The zero-order valence-electron chi connectivity index (χ0n) is 31.4. The van der Waals surface area contributed by atoms with Gasteiger partial charge in [0.2, 0.25) is 0 Å². The van der Waals surface area contributed by atoms with Crippen molar-refractivity contribution >= 4 is 21.8 Å². The Morgan fingerprint density at radius 3 is 1.88 bits per heavy atom. The predicted molar refractivity (Wildman–Crippen MR) is 221 cm³/mol. The third-order valence-electron chi connectivity index (χ3n) is 10.2. The van der Waals surface area contributed by atoms with E-state index in [4.69, 9.17) is 29.0 Å². The Bertz CT molecular complexity index is 2790. The van der Waals surface area contributed by atoms with Gasteiger partial charge in [0, 0.05) is 46.9 Å². The molecule has 3 heterocycles. The van der Waals surface area contributed by atoms with Gasteiger partial charge < -0.3 is 18.9 Å². The minimum atomic E-state index is 0.671. The molecule has 0 fully saturated rings. The second-order valence-electron chi connectivity index (χ2n) is 13.6. The number of fused-ring (bicyclic) bond motifs is 3. The highest BCUT2D eigenvalue weighted by molar-refractivity contribution is 6.09. The highest BCUT2D eigenvalue weighted by Gasteiger charge is 2.24. The molecule has 0 spiro atoms. The third-order valence-corrected chi connectivity index (χ3v) is 10.2. The van der Waals surface area contributed by atoms with Gasteiger partial charge in [0.1, 0.15) is 46.1 Å². The fraction of sp³-hybridized carbons (Fsp3) is 0.0833. The van der Waals surface area contributed by atoms with Crippen LogP contribution in [0.5, 0.6) is 40.2 Å². The molecule has 0 radical (unpaired) electrons. The van der Waals surface area contributed by atoms with Crippen LogP contribution in [0, 0.1) is 20.8 Å². The average molecular weight is 735 g/mol. The molecule has 0 amide bonds. The number of hydrogen-bond acceptors (Lipinski definition) is 6. The van der Waals surface area contributed by atoms with E-state index in [9.17, 15) is 0 Å². The van der Waals surface area contributed by atoms with Gasteiger partial charge in [-0.2, -0.15) is 5.10 Å². The van der Waals surface area contributed by atoms with Gasteiger partial charge in [-0.25, -0.2) is 9.67 Å². The van der Waals surface area contributed by atoms with Crippen molar-refractivity contribution in [2.45, 2.75) is 20.8 Å². The summed E-state index contributed by atoms with van der Waals surface area (Å²) in [4.78, 5) is 4.70. The van der Waals surface area contributed by atoms with E-state index in [1.165, 1.54) is 0 Å². The number of hydrogen-bond donors (Lipinski definition) is 0. The first-order valence-corrected chi connectivity index (χ1v) is 18.4. The summed E-state index contributed by atoms with van der Waals surface area (Å²) >= 11 is 0. The molecule has 9 rings (SSSR count). The summed E-state index contributed by atoms with van der Waals surface area (Å²) in [5.41, 5.74) is 7.69. The zero-order chi connectivity index (χ0) is 38.2. The van der Waals surface area contributed by atoms with Gasteiger partial charge in [-0.3, -0.25) is 4.57 Å². The lowest BCUT2D eigenvalue weighted by atomic mass is 9.94. The van der Waals surface area contributed by atoms with Crippen molar-refractivity contribution < 1.29 is 18.9 Å². The van der Waals surface area contributed by atoms with Gasteiger partial charge >= 0.3 is 0 Å². The fourth-order valence-electron chi connectivity index (χ4n) is 7.16. The Morgan fingerprint density at radius 1 is 0.518 bits per heavy atom. The van der Waals surface area contributed by atoms with E-state index in [0.717, 1.165) is 89.9 Å². The third kappa shape index (κ3) is 6.37. The molecule has 0 saturated carbocycles. The molecule has 0 aliphatic rings. The summed E-state index contributed by atoms with van der Waals surface area (Å²) in [5, 5.41) is 7.07. The van der Waals surface area contributed by atoms with Crippen LogP contribution in [0.1, 0.15) is 16.7 Å². The summed E-state index contributed by atoms with van der Waals surface area (Å²) in [5.74, 6) is 5.78. The topological polar surface area (TPSA) is 72.6 Å². The first-order valence-electron chi connectivity index (χ1n) is 18.4. The van der Waals surface area contributed by atoms with Crippen LogP contribution in [-0.4, -0.2) is 26.4 Å². The zero-order valence-corrected chi connectivity index (χ0v) is 31.4. The Kier molecular flexibility index (Phi) is 8.91. The summed E-state index contributed by atoms with van der Waals surface area (Å²) in [7, 11) is 1.66. The summed E-state index contributed by atoms with van der Waals surface area (Å²) in [6.45, 7) is 6.28. The van der Waals surface area contributed by atoms with Crippen molar-refractivity contribution in [3.8, 4) is 62.9 Å². The second kappa shape index (κ2) is 14.5. The molecule has 0 atom stereocenters. The van der Waals surface area contributed by atoms with Crippen LogP contribution >= 0.6 is 0 Å². The summed E-state index contributed by atoms with van der Waals surface area (Å²) < 4.78 is 29.4. The molecule has 0 bridgehead atoms. The first kappa shape index (κ1) is 34.4. The van der Waals surface area contributed by atoms with Crippen LogP contribution in [-0.2, 0) is 0 Å². The molecule has 0 unspecified atom stereocenters. The predicted octanol–water partition coefficient (Wildman–Crippen LogP) is 12.3. The molecule has 0 aliphatic carbocycles. The van der Waals surface area contributed by atoms with Crippen LogP contribution in [0.4, 0.5) is 0 Å². The Morgan fingerprint density at radius 2 is 1.16 bits per heavy atom. The van der Waals surface area contributed by atoms with Gasteiger partial charge in [-0.15, -0.1) is 0 Å². The van der Waals surface area contributed by atoms with Crippen molar-refractivity contribution in [2.24, 2.45) is 0 Å². The standard InChI is InChI=1S/C48H38N4O4/c1-31-32(2)47(55-36-15-7-5-8-16-36)46(48(33(31)3)56-37-17-9-6-10-18-37)34-29-50-51(30-34)35-14-13-19-39(26-35)54-40-22-23-42-41-20-11-12-21-43(41)52(44(42)27-40)45-28-38(53-4)24-25-49-45/h5-30H,1-4H3. The van der Waals surface area contributed by atoms with Crippen molar-refractivity contribution in [1.29, 1.82) is 0 Å². The maximum absolute atomic E-state index is 6.66. The molecule has 3 aromatic heterocycles. The molecule has 0 aliphatic heterocycles. The van der Waals surface area contributed by atoms with Crippen molar-refractivity contribution in [3.05, 3.63) is 175 Å². The molecule has 8 nitrogen and oxygen atoms in total. The number of para-hydroxylation sites is 3. The molecular formula is C48H38N4O4. The van der Waals surface area contributed by atoms with Crippen LogP contribution in [0.25, 0.3) is 44.4 Å². The highest BCUT2D eigenvalue weighted by atomic mass is 16.5. The van der Waals surface area contributed by atoms with Gasteiger partial charge in [0.25, 0.3) is 0 Å². The summed E-state index contributed by atoms with van der Waals surface area (Å²) in [6, 6.07) is 45.8. The lowest BCUT2D eigenvalue weighted by Gasteiger charge is -2.22. The SMILES string of the molecule is COc1ccnc(-n2c3ccccc3c3ccc(Oc4cccc(-n5cc(-c6c(Oc7ccccc7)c(C)c(C)c(C)c6Oc6ccccc6)cn5)c4)cc32)c1. The maximum atomic E-state index is 6.66. The molecule has 8 heteroatoms. The van der Waals surface area contributed by atoms with Gasteiger partial charge in [0.05, 0.1) is 35.6 Å². The number of methoxy groups -OCH3 is 1. The first-order chi connectivity index (χ1) is 27.4. The number of rotatable bonds is 10. The smallest absolute Gasteiger partial charge is 0.142 e. The Balaban J connectivity index is 1.09. The van der Waals surface area contributed by atoms with Crippen LogP contribution in [0.15, 0.2) is 158 Å². The molecule has 274 valence electrons. The van der Waals surface area contributed by atoms with E-state index < -0.39 is 0 Å². The largest absolute Gasteiger partial charge is 0.497 e. The van der Waals surface area contributed by atoms with Gasteiger partial charge in [0.15, 0.2) is 0 Å². The molecule has 0 saturated heterocycles. The fourth-order valence-corrected chi connectivity index (χ4v) is 7.16. The number of benzene rings is 6. The quantitative estimate of drug-likeness (QED) is 0.139. The monoisotopic (exact) mass is 734 g/mol. The highest BCUT2D eigenvalue weighted by Crippen LogP contribution is 2.48. The number of nitrogens with zero attached hydrogens (tertiary/aromatic N) is 4. The number of pyridine rings is 1. The normalized spacial score (nSPS) is 11.2. The molecule has 6 aromatic carbocycles. The van der Waals surface area contributed by atoms with Crippen LogP contribution < -0.4 is 18.9 Å². The van der Waals surface area contributed by atoms with E-state index in [2.05, 4.69) is 55.7 Å². The van der Waals surface area contributed by atoms with Crippen molar-refractivity contribution in [3.63, 3.8) is 0 Å². The summed E-state index contributed by atoms with van der Waals surface area (Å²) in [6.07, 6.45) is 5.62. The lowest BCUT2D eigenvalue weighted by Crippen LogP contribution is -2.01. The van der Waals surface area contributed by atoms with Gasteiger partial charge in [-0.1, -0.05) is 60.7 Å². The van der Waals surface area contributed by atoms with Crippen molar-refractivity contribution in [2.75, 3.05) is 7.11 Å². The van der Waals surface area contributed by atoms with E-state index in [0.29, 0.717) is 11.5 Å². The average Bonchev–Trinajstić information content (AvgIpc) is 3.86. The molecule has 0 N–H and O–H groups in total. The van der Waals surface area contributed by atoms with E-state index in [-0.39, 0.29) is 0 Å². The molecular weight excluding hydrogens is 697 g/mol. The van der Waals surface area contributed by atoms with E-state index in [1.807, 2.05) is 126 Å². The Hall–Kier alpha value is -7.32. The minimum Gasteiger partial charge on any atom is -0.497 e. The van der Waals surface area contributed by atoms with Crippen LogP contribution in [0.3, 0.4) is 0 Å². The van der Waals surface area contributed by atoms with E-state index >= 15 is 0 Å². The minimum absolute atomic E-state index is 0.671. The van der Waals surface area contributed by atoms with Crippen LogP contribution in [0.2, 0.25) is 0 Å². The molecule has 56 heavy (non-hydrogen) atoms. The Labute approximate surface area is 324 Å². The number of ether oxygens (including phenoxy) is 4. The number of aromatic nitrogens is 4. The van der Waals surface area contributed by atoms with E-state index in [1.54, 1.807) is 13.3 Å². The maximum Gasteiger partial charge on any atom is 0.142 e.